The normalized spacial score (nSPS) is 12.3. The minimum absolute atomic E-state index is 0.0469. The number of hydrogen-bond acceptors (Lipinski definition) is 4. The summed E-state index contributed by atoms with van der Waals surface area (Å²) in [5.74, 6) is 0.114. The van der Waals surface area contributed by atoms with Crippen molar-refractivity contribution in [3.8, 4) is 17.3 Å². The number of aromatic nitrogens is 1. The van der Waals surface area contributed by atoms with Crippen molar-refractivity contribution in [3.63, 3.8) is 0 Å². The molecule has 1 aliphatic rings. The van der Waals surface area contributed by atoms with Gasteiger partial charge in [-0.1, -0.05) is 71.9 Å². The van der Waals surface area contributed by atoms with Crippen LogP contribution in [0.25, 0.3) is 11.3 Å². The number of benzene rings is 3. The van der Waals surface area contributed by atoms with Crippen molar-refractivity contribution in [1.82, 2.24) is 4.98 Å². The van der Waals surface area contributed by atoms with Crippen LogP contribution in [0.3, 0.4) is 0 Å². The number of carbonyl (C=O) groups is 1. The smallest absolute Gasteiger partial charge is 0.241 e. The van der Waals surface area contributed by atoms with Gasteiger partial charge >= 0.3 is 0 Å². The Balaban J connectivity index is 1.45. The number of rotatable bonds is 4. The third-order valence-electron chi connectivity index (χ3n) is 5.83. The molecule has 0 fully saturated rings. The molecule has 0 saturated carbocycles. The molecule has 4 aromatic rings. The molecule has 166 valence electrons. The van der Waals surface area contributed by atoms with Crippen LogP contribution in [0.2, 0.25) is 5.02 Å². The van der Waals surface area contributed by atoms with Crippen molar-refractivity contribution < 1.29 is 4.79 Å². The minimum atomic E-state index is -0.0469. The number of carbonyl (C=O) groups excluding carboxylic acids is 1. The number of nitriles is 1. The van der Waals surface area contributed by atoms with Gasteiger partial charge in [-0.3, -0.25) is 9.69 Å². The van der Waals surface area contributed by atoms with Gasteiger partial charge in [0.1, 0.15) is 11.1 Å². The molecule has 0 bridgehead atoms. The van der Waals surface area contributed by atoms with E-state index in [0.717, 1.165) is 46.6 Å². The first-order chi connectivity index (χ1) is 16.6. The number of aryl methyl sites for hydroxylation is 2. The summed E-state index contributed by atoms with van der Waals surface area (Å²) in [5.41, 5.74) is 6.22. The summed E-state index contributed by atoms with van der Waals surface area (Å²) in [6.07, 6.45) is 1.76. The predicted molar refractivity (Wildman–Crippen MR) is 138 cm³/mol. The van der Waals surface area contributed by atoms with E-state index in [2.05, 4.69) is 18.2 Å². The Hall–Kier alpha value is -3.59. The highest BCUT2D eigenvalue weighted by atomic mass is 35.5. The SMILES string of the molecule is N#Cc1ccc(-c2ccc(Cl)cc2)nc1SCC(=O)N1c2ccccc2CCc2ccccc21. The number of pyridine rings is 1. The number of hydrogen-bond donors (Lipinski definition) is 0. The van der Waals surface area contributed by atoms with Gasteiger partial charge in [-0.2, -0.15) is 5.26 Å². The first-order valence-electron chi connectivity index (χ1n) is 10.9. The molecule has 0 spiro atoms. The molecule has 1 aromatic heterocycles. The number of anilines is 2. The average Bonchev–Trinajstić information content (AvgIpc) is 3.04. The van der Waals surface area contributed by atoms with Crippen molar-refractivity contribution >= 4 is 40.6 Å². The quantitative estimate of drug-likeness (QED) is 0.300. The Labute approximate surface area is 207 Å². The van der Waals surface area contributed by atoms with Crippen LogP contribution in [0.1, 0.15) is 16.7 Å². The summed E-state index contributed by atoms with van der Waals surface area (Å²) in [6, 6.07) is 29.3. The summed E-state index contributed by atoms with van der Waals surface area (Å²) in [6.45, 7) is 0. The van der Waals surface area contributed by atoms with Crippen LogP contribution in [0.5, 0.6) is 0 Å². The number of fused-ring (bicyclic) bond motifs is 2. The first kappa shape index (κ1) is 22.2. The summed E-state index contributed by atoms with van der Waals surface area (Å²) < 4.78 is 0. The van der Waals surface area contributed by atoms with Crippen LogP contribution in [-0.2, 0) is 17.6 Å². The van der Waals surface area contributed by atoms with Gasteiger partial charge in [0.25, 0.3) is 0 Å². The second-order valence-electron chi connectivity index (χ2n) is 7.94. The van der Waals surface area contributed by atoms with E-state index in [1.54, 1.807) is 18.2 Å². The van der Waals surface area contributed by atoms with E-state index in [1.807, 2.05) is 59.5 Å². The molecule has 0 N–H and O–H groups in total. The largest absolute Gasteiger partial charge is 0.280 e. The summed E-state index contributed by atoms with van der Waals surface area (Å²) in [7, 11) is 0. The number of nitrogens with zero attached hydrogens (tertiary/aromatic N) is 3. The van der Waals surface area contributed by atoms with Gasteiger partial charge in [-0.05, 0) is 60.4 Å². The Morgan fingerprint density at radius 3 is 2.15 bits per heavy atom. The topological polar surface area (TPSA) is 57.0 Å². The van der Waals surface area contributed by atoms with Crippen molar-refractivity contribution in [2.75, 3.05) is 10.7 Å². The highest BCUT2D eigenvalue weighted by Gasteiger charge is 2.26. The van der Waals surface area contributed by atoms with E-state index < -0.39 is 0 Å². The van der Waals surface area contributed by atoms with Gasteiger partial charge in [0.05, 0.1) is 28.4 Å². The van der Waals surface area contributed by atoms with E-state index in [1.165, 1.54) is 11.8 Å². The minimum Gasteiger partial charge on any atom is -0.280 e. The van der Waals surface area contributed by atoms with Crippen LogP contribution >= 0.6 is 23.4 Å². The van der Waals surface area contributed by atoms with Gasteiger partial charge in [0.15, 0.2) is 0 Å². The Kier molecular flexibility index (Phi) is 6.35. The standard InChI is InChI=1S/C28H20ClN3OS/c29-23-14-11-19(12-15-23)24-16-13-22(17-30)28(31-24)34-18-27(33)32-25-7-3-1-5-20(25)9-10-21-6-2-4-8-26(21)32/h1-8,11-16H,9-10,18H2. The molecule has 0 saturated heterocycles. The van der Waals surface area contributed by atoms with Gasteiger partial charge in [-0.25, -0.2) is 4.98 Å². The molecular formula is C28H20ClN3OS. The van der Waals surface area contributed by atoms with Crippen molar-refractivity contribution in [1.29, 1.82) is 5.26 Å². The fourth-order valence-corrected chi connectivity index (χ4v) is 5.11. The molecule has 0 unspecified atom stereocenters. The Morgan fingerprint density at radius 2 is 1.53 bits per heavy atom. The summed E-state index contributed by atoms with van der Waals surface area (Å²) in [5, 5.41) is 10.8. The van der Waals surface area contributed by atoms with E-state index in [-0.39, 0.29) is 11.7 Å². The van der Waals surface area contributed by atoms with Gasteiger partial charge in [-0.15, -0.1) is 0 Å². The maximum atomic E-state index is 13.6. The highest BCUT2D eigenvalue weighted by Crippen LogP contribution is 2.37. The molecule has 1 amide bonds. The lowest BCUT2D eigenvalue weighted by Gasteiger charge is -2.25. The Bertz CT molecular complexity index is 1360. The third kappa shape index (κ3) is 4.43. The van der Waals surface area contributed by atoms with Crippen LogP contribution in [0, 0.1) is 11.3 Å². The van der Waals surface area contributed by atoms with Gasteiger partial charge < -0.3 is 0 Å². The monoisotopic (exact) mass is 481 g/mol. The second kappa shape index (κ2) is 9.72. The number of para-hydroxylation sites is 2. The summed E-state index contributed by atoms with van der Waals surface area (Å²) >= 11 is 7.30. The molecule has 34 heavy (non-hydrogen) atoms. The fourth-order valence-electron chi connectivity index (χ4n) is 4.16. The fraction of sp³-hybridized carbons (Fsp3) is 0.107. The maximum absolute atomic E-state index is 13.6. The van der Waals surface area contributed by atoms with E-state index >= 15 is 0 Å². The lowest BCUT2D eigenvalue weighted by molar-refractivity contribution is -0.115. The van der Waals surface area contributed by atoms with E-state index in [9.17, 15) is 10.1 Å². The van der Waals surface area contributed by atoms with E-state index in [4.69, 9.17) is 16.6 Å². The van der Waals surface area contributed by atoms with E-state index in [0.29, 0.717) is 15.6 Å². The van der Waals surface area contributed by atoms with Crippen LogP contribution in [-0.4, -0.2) is 16.6 Å². The first-order valence-corrected chi connectivity index (χ1v) is 12.3. The van der Waals surface area contributed by atoms with Crippen molar-refractivity contribution in [2.24, 2.45) is 0 Å². The van der Waals surface area contributed by atoms with Crippen LogP contribution in [0.4, 0.5) is 11.4 Å². The third-order valence-corrected chi connectivity index (χ3v) is 7.06. The average molecular weight is 482 g/mol. The molecule has 0 atom stereocenters. The zero-order chi connectivity index (χ0) is 23.5. The maximum Gasteiger partial charge on any atom is 0.241 e. The molecule has 4 nitrogen and oxygen atoms in total. The van der Waals surface area contributed by atoms with Crippen LogP contribution in [0.15, 0.2) is 90.0 Å². The van der Waals surface area contributed by atoms with Gasteiger partial charge in [0, 0.05) is 10.6 Å². The Morgan fingerprint density at radius 1 is 0.912 bits per heavy atom. The number of amides is 1. The molecule has 0 aliphatic carbocycles. The van der Waals surface area contributed by atoms with Gasteiger partial charge in [0.2, 0.25) is 5.91 Å². The molecule has 3 aromatic carbocycles. The molecule has 2 heterocycles. The number of thioether (sulfide) groups is 1. The van der Waals surface area contributed by atoms with Crippen molar-refractivity contribution in [2.45, 2.75) is 17.9 Å². The van der Waals surface area contributed by atoms with Crippen LogP contribution < -0.4 is 4.90 Å². The lowest BCUT2D eigenvalue weighted by Crippen LogP contribution is -2.28. The molecule has 1 aliphatic heterocycles. The predicted octanol–water partition coefficient (Wildman–Crippen LogP) is 6.83. The zero-order valence-corrected chi connectivity index (χ0v) is 19.8. The molecule has 5 rings (SSSR count). The molecular weight excluding hydrogens is 462 g/mol. The second-order valence-corrected chi connectivity index (χ2v) is 9.34. The summed E-state index contributed by atoms with van der Waals surface area (Å²) in [4.78, 5) is 20.1. The molecule has 6 heteroatoms. The lowest BCUT2D eigenvalue weighted by atomic mass is 10.0. The zero-order valence-electron chi connectivity index (χ0n) is 18.2. The number of halogens is 1. The molecule has 0 radical (unpaired) electrons. The van der Waals surface area contributed by atoms with Crippen molar-refractivity contribution in [3.05, 3.63) is 107 Å². The highest BCUT2D eigenvalue weighted by molar-refractivity contribution is 8.00.